The molecule has 1 aromatic rings. The molecule has 2 N–H and O–H groups in total. The summed E-state index contributed by atoms with van der Waals surface area (Å²) >= 11 is 0. The van der Waals surface area contributed by atoms with Crippen LogP contribution in [0.15, 0.2) is 18.2 Å². The highest BCUT2D eigenvalue weighted by Crippen LogP contribution is 2.32. The molecule has 0 spiro atoms. The molecule has 0 aromatic heterocycles. The summed E-state index contributed by atoms with van der Waals surface area (Å²) in [6.45, 7) is 1.54. The third-order valence-corrected chi connectivity index (χ3v) is 3.77. The van der Waals surface area contributed by atoms with E-state index in [-0.39, 0.29) is 6.42 Å². The lowest BCUT2D eigenvalue weighted by Crippen LogP contribution is -2.51. The average molecular weight is 353 g/mol. The number of nitro groups is 1. The molecule has 1 atom stereocenters. The topological polar surface area (TPSA) is 130 Å². The summed E-state index contributed by atoms with van der Waals surface area (Å²) in [6.07, 6.45) is -0.423. The lowest BCUT2D eigenvalue weighted by atomic mass is 10.1. The number of nitrogens with one attached hydrogen (secondary N) is 1. The molecule has 0 saturated heterocycles. The number of nitro benzene ring substituents is 1. The summed E-state index contributed by atoms with van der Waals surface area (Å²) in [4.78, 5) is 47.0. The summed E-state index contributed by atoms with van der Waals surface area (Å²) in [6, 6.07) is 1.23. The van der Waals surface area contributed by atoms with Crippen molar-refractivity contribution in [1.29, 1.82) is 0 Å². The first-order chi connectivity index (χ1) is 11.8. The van der Waals surface area contributed by atoms with Gasteiger partial charge in [-0.3, -0.25) is 24.6 Å². The number of hydrogen-bond acceptors (Lipinski definition) is 5. The molecule has 0 radical (unpaired) electrons. The Balaban J connectivity index is 2.42. The van der Waals surface area contributed by atoms with Crippen molar-refractivity contribution in [2.45, 2.75) is 38.3 Å². The predicted octanol–water partition coefficient (Wildman–Crippen LogP) is 1.91. The number of carboxylic acid groups (broad SMARTS) is 1. The monoisotopic (exact) mass is 353 g/mol. The van der Waals surface area contributed by atoms with Crippen molar-refractivity contribution in [1.82, 2.24) is 10.2 Å². The number of amides is 3. The smallest absolute Gasteiger partial charge is 0.405 e. The highest BCUT2D eigenvalue weighted by Gasteiger charge is 2.43. The fourth-order valence-corrected chi connectivity index (χ4v) is 2.43. The summed E-state index contributed by atoms with van der Waals surface area (Å²) < 4.78 is 14.1. The van der Waals surface area contributed by atoms with Crippen LogP contribution in [0.3, 0.4) is 0 Å². The molecule has 0 bridgehead atoms. The van der Waals surface area contributed by atoms with Crippen LogP contribution in [0.1, 0.15) is 36.5 Å². The van der Waals surface area contributed by atoms with E-state index in [2.05, 4.69) is 0 Å². The minimum absolute atomic E-state index is 0.0704. The van der Waals surface area contributed by atoms with Crippen molar-refractivity contribution < 1.29 is 28.8 Å². The molecular formula is C15H16FN3O6. The molecule has 9 nitrogen and oxygen atoms in total. The maximum atomic E-state index is 14.1. The zero-order valence-electron chi connectivity index (χ0n) is 13.3. The first kappa shape index (κ1) is 18.3. The number of nitrogens with zero attached hydrogens (tertiary/aromatic N) is 2. The lowest BCUT2D eigenvalue weighted by molar-refractivity contribution is -0.385. The Morgan fingerprint density at radius 1 is 1.44 bits per heavy atom. The number of benzene rings is 1. The quantitative estimate of drug-likeness (QED) is 0.593. The number of halogens is 1. The van der Waals surface area contributed by atoms with E-state index in [0.29, 0.717) is 12.8 Å². The van der Waals surface area contributed by atoms with E-state index in [0.717, 1.165) is 23.1 Å². The summed E-state index contributed by atoms with van der Waals surface area (Å²) in [7, 11) is 0. The maximum absolute atomic E-state index is 14.1. The molecular weight excluding hydrogens is 337 g/mol. The second-order valence-corrected chi connectivity index (χ2v) is 5.55. The minimum Gasteiger partial charge on any atom is -0.465 e. The Morgan fingerprint density at radius 2 is 2.08 bits per heavy atom. The SMILES string of the molecule is CCC(NC(=O)O)C(=O)N(C(=O)c1c(F)cccc1[N+](=O)[O-])C1CC1. The Labute approximate surface area is 141 Å². The van der Waals surface area contributed by atoms with Crippen molar-refractivity contribution in [2.24, 2.45) is 0 Å². The molecule has 2 rings (SSSR count). The molecule has 0 heterocycles. The van der Waals surface area contributed by atoms with Gasteiger partial charge in [-0.25, -0.2) is 9.18 Å². The van der Waals surface area contributed by atoms with Crippen molar-refractivity contribution in [2.75, 3.05) is 0 Å². The zero-order chi connectivity index (χ0) is 18.7. The highest BCUT2D eigenvalue weighted by molar-refractivity contribution is 6.09. The van der Waals surface area contributed by atoms with Gasteiger partial charge in [0.15, 0.2) is 5.56 Å². The molecule has 1 fully saturated rings. The van der Waals surface area contributed by atoms with E-state index in [1.54, 1.807) is 6.92 Å². The van der Waals surface area contributed by atoms with E-state index < -0.39 is 52.0 Å². The molecule has 1 aliphatic rings. The van der Waals surface area contributed by atoms with E-state index >= 15 is 0 Å². The number of carbonyl (C=O) groups is 3. The maximum Gasteiger partial charge on any atom is 0.405 e. The van der Waals surface area contributed by atoms with E-state index in [4.69, 9.17) is 5.11 Å². The van der Waals surface area contributed by atoms with Gasteiger partial charge in [-0.1, -0.05) is 13.0 Å². The van der Waals surface area contributed by atoms with Crippen LogP contribution in [0, 0.1) is 15.9 Å². The van der Waals surface area contributed by atoms with Crippen molar-refractivity contribution in [3.8, 4) is 0 Å². The van der Waals surface area contributed by atoms with Gasteiger partial charge in [0.2, 0.25) is 0 Å². The first-order valence-electron chi connectivity index (χ1n) is 7.57. The largest absolute Gasteiger partial charge is 0.465 e. The van der Waals surface area contributed by atoms with Crippen molar-refractivity contribution >= 4 is 23.6 Å². The van der Waals surface area contributed by atoms with Crippen LogP contribution in [0.2, 0.25) is 0 Å². The van der Waals surface area contributed by atoms with Gasteiger partial charge in [0.1, 0.15) is 11.9 Å². The summed E-state index contributed by atoms with van der Waals surface area (Å²) in [5.41, 5.74) is -1.55. The fourth-order valence-electron chi connectivity index (χ4n) is 2.43. The molecule has 3 amide bonds. The van der Waals surface area contributed by atoms with Gasteiger partial charge in [0, 0.05) is 12.1 Å². The van der Waals surface area contributed by atoms with Crippen LogP contribution < -0.4 is 5.32 Å². The first-order valence-corrected chi connectivity index (χ1v) is 7.57. The van der Waals surface area contributed by atoms with E-state index in [9.17, 15) is 28.9 Å². The molecule has 134 valence electrons. The van der Waals surface area contributed by atoms with Gasteiger partial charge in [-0.15, -0.1) is 0 Å². The molecule has 1 aliphatic carbocycles. The van der Waals surface area contributed by atoms with Gasteiger partial charge in [-0.2, -0.15) is 0 Å². The van der Waals surface area contributed by atoms with Crippen LogP contribution in [0.25, 0.3) is 0 Å². The predicted molar refractivity (Wildman–Crippen MR) is 82.5 cm³/mol. The molecule has 10 heteroatoms. The van der Waals surface area contributed by atoms with Gasteiger partial charge >= 0.3 is 6.09 Å². The number of imide groups is 1. The molecule has 0 aliphatic heterocycles. The van der Waals surface area contributed by atoms with Crippen molar-refractivity contribution in [3.05, 3.63) is 39.7 Å². The van der Waals surface area contributed by atoms with Gasteiger partial charge in [0.05, 0.1) is 4.92 Å². The Bertz CT molecular complexity index is 734. The summed E-state index contributed by atoms with van der Waals surface area (Å²) in [5, 5.41) is 21.9. The second-order valence-electron chi connectivity index (χ2n) is 5.55. The third kappa shape index (κ3) is 3.90. The van der Waals surface area contributed by atoms with E-state index in [1.165, 1.54) is 0 Å². The Hall–Kier alpha value is -3.04. The standard InChI is InChI=1S/C15H16FN3O6/c1-2-10(17-15(22)23)13(20)18(8-6-7-8)14(21)12-9(16)4-3-5-11(12)19(24)25/h3-5,8,10,17H,2,6-7H2,1H3,(H,22,23). The Kier molecular flexibility index (Phi) is 5.30. The van der Waals surface area contributed by atoms with Gasteiger partial charge in [-0.05, 0) is 25.3 Å². The van der Waals surface area contributed by atoms with Crippen LogP contribution in [0.4, 0.5) is 14.9 Å². The summed E-state index contributed by atoms with van der Waals surface area (Å²) in [5.74, 6) is -3.10. The lowest BCUT2D eigenvalue weighted by Gasteiger charge is -2.25. The molecule has 25 heavy (non-hydrogen) atoms. The second kappa shape index (κ2) is 7.24. The third-order valence-electron chi connectivity index (χ3n) is 3.77. The average Bonchev–Trinajstić information content (AvgIpc) is 3.36. The normalized spacial score (nSPS) is 14.5. The number of hydrogen-bond donors (Lipinski definition) is 2. The van der Waals surface area contributed by atoms with Crippen LogP contribution in [-0.4, -0.2) is 44.9 Å². The number of rotatable bonds is 6. The van der Waals surface area contributed by atoms with Crippen LogP contribution in [-0.2, 0) is 4.79 Å². The van der Waals surface area contributed by atoms with E-state index in [1.807, 2.05) is 5.32 Å². The number of carbonyl (C=O) groups excluding carboxylic acids is 2. The van der Waals surface area contributed by atoms with Crippen LogP contribution in [0.5, 0.6) is 0 Å². The van der Waals surface area contributed by atoms with Gasteiger partial charge in [0.25, 0.3) is 17.5 Å². The molecule has 1 unspecified atom stereocenters. The fraction of sp³-hybridized carbons (Fsp3) is 0.400. The highest BCUT2D eigenvalue weighted by atomic mass is 19.1. The zero-order valence-corrected chi connectivity index (χ0v) is 13.3. The van der Waals surface area contributed by atoms with Crippen LogP contribution >= 0.6 is 0 Å². The Morgan fingerprint density at radius 3 is 2.56 bits per heavy atom. The van der Waals surface area contributed by atoms with Gasteiger partial charge < -0.3 is 10.4 Å². The van der Waals surface area contributed by atoms with Crippen molar-refractivity contribution in [3.63, 3.8) is 0 Å². The molecule has 1 saturated carbocycles. The molecule has 1 aromatic carbocycles. The minimum atomic E-state index is -1.44.